The Morgan fingerprint density at radius 2 is 1.89 bits per heavy atom. The highest BCUT2D eigenvalue weighted by Crippen LogP contribution is 2.31. The maximum absolute atomic E-state index is 14.2. The van der Waals surface area contributed by atoms with Gasteiger partial charge in [0.2, 0.25) is 0 Å². The van der Waals surface area contributed by atoms with Crippen LogP contribution in [0.15, 0.2) is 48.8 Å². The molecule has 1 heterocycles. The molecule has 0 aliphatic rings. The summed E-state index contributed by atoms with van der Waals surface area (Å²) < 4.78 is 24.4. The first-order valence-corrected chi connectivity index (χ1v) is 7.93. The average Bonchev–Trinajstić information content (AvgIpc) is 2.67. The lowest BCUT2D eigenvalue weighted by Crippen LogP contribution is -2.14. The van der Waals surface area contributed by atoms with Crippen LogP contribution in [0.25, 0.3) is 11.3 Å². The van der Waals surface area contributed by atoms with Crippen molar-refractivity contribution in [2.75, 3.05) is 19.5 Å². The third kappa shape index (κ3) is 3.79. The summed E-state index contributed by atoms with van der Waals surface area (Å²) in [6.07, 6.45) is 1.37. The fraction of sp³-hybridized carbons (Fsp3) is 0.105. The standard InChI is InChI=1S/C19H17FN4O3/c1-26-16-6-4-3-5-12(16)15-9-17(23-10-22-15)24-11-7-13(19(21)25)18(27-2)14(20)8-11/h3-10H,1-2H3,(H2,21,25)(H,22,23,24). The van der Waals surface area contributed by atoms with Crippen molar-refractivity contribution in [3.8, 4) is 22.8 Å². The molecule has 7 nitrogen and oxygen atoms in total. The van der Waals surface area contributed by atoms with Crippen LogP contribution in [0, 0.1) is 5.82 Å². The van der Waals surface area contributed by atoms with E-state index < -0.39 is 11.7 Å². The fourth-order valence-electron chi connectivity index (χ4n) is 2.63. The number of halogens is 1. The van der Waals surface area contributed by atoms with Crippen LogP contribution >= 0.6 is 0 Å². The van der Waals surface area contributed by atoms with Gasteiger partial charge in [-0.3, -0.25) is 4.79 Å². The first-order chi connectivity index (χ1) is 13.0. The summed E-state index contributed by atoms with van der Waals surface area (Å²) in [6.45, 7) is 0. The molecule has 3 rings (SSSR count). The first kappa shape index (κ1) is 18.1. The SMILES string of the molecule is COc1ccccc1-c1cc(Nc2cc(F)c(OC)c(C(N)=O)c2)ncn1. The topological polar surface area (TPSA) is 99.4 Å². The van der Waals surface area contributed by atoms with E-state index in [4.69, 9.17) is 15.2 Å². The van der Waals surface area contributed by atoms with Gasteiger partial charge in [-0.15, -0.1) is 0 Å². The highest BCUT2D eigenvalue weighted by Gasteiger charge is 2.16. The van der Waals surface area contributed by atoms with E-state index in [-0.39, 0.29) is 11.3 Å². The summed E-state index contributed by atoms with van der Waals surface area (Å²) in [4.78, 5) is 19.9. The van der Waals surface area contributed by atoms with Crippen LogP contribution in [0.3, 0.4) is 0 Å². The average molecular weight is 368 g/mol. The van der Waals surface area contributed by atoms with Crippen molar-refractivity contribution in [2.45, 2.75) is 0 Å². The van der Waals surface area contributed by atoms with Crippen molar-refractivity contribution < 1.29 is 18.7 Å². The minimum atomic E-state index is -0.799. The second kappa shape index (κ2) is 7.69. The number of aromatic nitrogens is 2. The number of ether oxygens (including phenoxy) is 2. The normalized spacial score (nSPS) is 10.3. The molecule has 8 heteroatoms. The molecule has 0 saturated carbocycles. The largest absolute Gasteiger partial charge is 0.496 e. The minimum absolute atomic E-state index is 0.0704. The number of carbonyl (C=O) groups is 1. The summed E-state index contributed by atoms with van der Waals surface area (Å²) in [5, 5.41) is 2.94. The van der Waals surface area contributed by atoms with E-state index in [1.807, 2.05) is 24.3 Å². The lowest BCUT2D eigenvalue weighted by Gasteiger charge is -2.12. The Kier molecular flexibility index (Phi) is 5.16. The van der Waals surface area contributed by atoms with Gasteiger partial charge >= 0.3 is 0 Å². The Bertz CT molecular complexity index is 994. The molecule has 0 saturated heterocycles. The zero-order chi connectivity index (χ0) is 19.4. The number of benzene rings is 2. The number of primary amides is 1. The molecule has 1 aromatic heterocycles. The summed E-state index contributed by atoms with van der Waals surface area (Å²) in [5.41, 5.74) is 6.93. The highest BCUT2D eigenvalue weighted by molar-refractivity contribution is 5.97. The molecule has 0 bridgehead atoms. The van der Waals surface area contributed by atoms with Crippen molar-refractivity contribution in [1.82, 2.24) is 9.97 Å². The maximum atomic E-state index is 14.2. The summed E-state index contributed by atoms with van der Waals surface area (Å²) >= 11 is 0. The van der Waals surface area contributed by atoms with Crippen LogP contribution in [0.1, 0.15) is 10.4 Å². The van der Waals surface area contributed by atoms with Gasteiger partial charge in [0, 0.05) is 23.4 Å². The third-order valence-corrected chi connectivity index (χ3v) is 3.84. The molecule has 0 aliphatic carbocycles. The van der Waals surface area contributed by atoms with Gasteiger partial charge in [0.05, 0.1) is 25.5 Å². The van der Waals surface area contributed by atoms with E-state index in [1.54, 1.807) is 13.2 Å². The number of hydrogen-bond donors (Lipinski definition) is 2. The Morgan fingerprint density at radius 1 is 1.11 bits per heavy atom. The zero-order valence-corrected chi connectivity index (χ0v) is 14.7. The van der Waals surface area contributed by atoms with Gasteiger partial charge in [0.15, 0.2) is 11.6 Å². The summed E-state index contributed by atoms with van der Waals surface area (Å²) in [5.74, 6) is -0.646. The number of nitrogens with zero attached hydrogens (tertiary/aromatic N) is 2. The second-order valence-electron chi connectivity index (χ2n) is 5.52. The van der Waals surface area contributed by atoms with Gasteiger partial charge in [-0.25, -0.2) is 14.4 Å². The fourth-order valence-corrected chi connectivity index (χ4v) is 2.63. The number of nitrogens with two attached hydrogens (primary N) is 1. The Morgan fingerprint density at radius 3 is 2.59 bits per heavy atom. The zero-order valence-electron chi connectivity index (χ0n) is 14.7. The Labute approximate surface area is 155 Å². The van der Waals surface area contributed by atoms with Crippen LogP contribution in [0.5, 0.6) is 11.5 Å². The Hall–Kier alpha value is -3.68. The van der Waals surface area contributed by atoms with Gasteiger partial charge in [0.1, 0.15) is 17.9 Å². The monoisotopic (exact) mass is 368 g/mol. The van der Waals surface area contributed by atoms with Crippen LogP contribution in [0.4, 0.5) is 15.9 Å². The second-order valence-corrected chi connectivity index (χ2v) is 5.52. The van der Waals surface area contributed by atoms with Crippen molar-refractivity contribution in [3.63, 3.8) is 0 Å². The third-order valence-electron chi connectivity index (χ3n) is 3.84. The van der Waals surface area contributed by atoms with E-state index in [1.165, 1.54) is 25.6 Å². The number of para-hydroxylation sites is 1. The molecule has 0 aliphatic heterocycles. The van der Waals surface area contributed by atoms with Gasteiger partial charge in [-0.2, -0.15) is 0 Å². The molecule has 138 valence electrons. The smallest absolute Gasteiger partial charge is 0.252 e. The minimum Gasteiger partial charge on any atom is -0.496 e. The van der Waals surface area contributed by atoms with Crippen molar-refractivity contribution in [3.05, 3.63) is 60.2 Å². The molecule has 0 radical (unpaired) electrons. The van der Waals surface area contributed by atoms with Crippen molar-refractivity contribution in [2.24, 2.45) is 5.73 Å². The quantitative estimate of drug-likeness (QED) is 0.693. The van der Waals surface area contributed by atoms with Crippen LogP contribution in [-0.4, -0.2) is 30.1 Å². The van der Waals surface area contributed by atoms with Crippen molar-refractivity contribution >= 4 is 17.4 Å². The maximum Gasteiger partial charge on any atom is 0.252 e. The summed E-state index contributed by atoms with van der Waals surface area (Å²) in [6, 6.07) is 11.7. The van der Waals surface area contributed by atoms with E-state index in [0.29, 0.717) is 22.9 Å². The number of anilines is 2. The van der Waals surface area contributed by atoms with E-state index in [9.17, 15) is 9.18 Å². The van der Waals surface area contributed by atoms with Gasteiger partial charge in [-0.05, 0) is 18.2 Å². The van der Waals surface area contributed by atoms with E-state index >= 15 is 0 Å². The predicted octanol–water partition coefficient (Wildman–Crippen LogP) is 3.14. The molecular formula is C19H17FN4O3. The number of nitrogens with one attached hydrogen (secondary N) is 1. The molecule has 3 N–H and O–H groups in total. The van der Waals surface area contributed by atoms with Gasteiger partial charge < -0.3 is 20.5 Å². The van der Waals surface area contributed by atoms with Crippen LogP contribution in [0.2, 0.25) is 0 Å². The number of methoxy groups -OCH3 is 2. The number of rotatable bonds is 6. The highest BCUT2D eigenvalue weighted by atomic mass is 19.1. The van der Waals surface area contributed by atoms with Gasteiger partial charge in [-0.1, -0.05) is 12.1 Å². The molecule has 0 fully saturated rings. The molecule has 27 heavy (non-hydrogen) atoms. The molecule has 1 amide bonds. The molecular weight excluding hydrogens is 351 g/mol. The summed E-state index contributed by atoms with van der Waals surface area (Å²) in [7, 11) is 2.84. The molecule has 2 aromatic carbocycles. The first-order valence-electron chi connectivity index (χ1n) is 7.93. The molecule has 0 atom stereocenters. The van der Waals surface area contributed by atoms with Gasteiger partial charge in [0.25, 0.3) is 5.91 Å². The van der Waals surface area contributed by atoms with E-state index in [2.05, 4.69) is 15.3 Å². The van der Waals surface area contributed by atoms with Crippen LogP contribution in [-0.2, 0) is 0 Å². The van der Waals surface area contributed by atoms with Crippen molar-refractivity contribution in [1.29, 1.82) is 0 Å². The number of hydrogen-bond acceptors (Lipinski definition) is 6. The molecule has 0 unspecified atom stereocenters. The molecule has 0 spiro atoms. The Balaban J connectivity index is 1.97. The van der Waals surface area contributed by atoms with E-state index in [0.717, 1.165) is 5.56 Å². The lowest BCUT2D eigenvalue weighted by molar-refractivity contribution is 0.0996. The van der Waals surface area contributed by atoms with Crippen LogP contribution < -0.4 is 20.5 Å². The predicted molar refractivity (Wildman–Crippen MR) is 98.8 cm³/mol. The lowest BCUT2D eigenvalue weighted by atomic mass is 10.1. The number of carbonyl (C=O) groups excluding carboxylic acids is 1. The number of amides is 1. The molecule has 3 aromatic rings.